The minimum Gasteiger partial charge on any atom is -0.492 e. The van der Waals surface area contributed by atoms with Gasteiger partial charge in [0, 0.05) is 62.6 Å². The van der Waals surface area contributed by atoms with E-state index in [9.17, 15) is 9.59 Å². The smallest absolute Gasteiger partial charge is 0.227 e. The largest absolute Gasteiger partial charge is 0.492 e. The minimum absolute atomic E-state index is 0.0177. The molecule has 56 heavy (non-hydrogen) atoms. The van der Waals surface area contributed by atoms with Crippen LogP contribution >= 0.6 is 0 Å². The monoisotopic (exact) mass is 758 g/mol. The number of hydrogen-bond acceptors (Lipinski definition) is 8. The van der Waals surface area contributed by atoms with Crippen molar-refractivity contribution in [2.45, 2.75) is 77.2 Å². The third kappa shape index (κ3) is 11.4. The fourth-order valence-corrected chi connectivity index (χ4v) is 9.00. The third-order valence-corrected chi connectivity index (χ3v) is 12.3. The van der Waals surface area contributed by atoms with Gasteiger partial charge in [-0.05, 0) is 109 Å². The molecule has 2 aliphatic carbocycles. The topological polar surface area (TPSA) is 119 Å². The van der Waals surface area contributed by atoms with Crippen molar-refractivity contribution in [1.82, 2.24) is 30.5 Å². The van der Waals surface area contributed by atoms with E-state index in [0.29, 0.717) is 30.7 Å². The summed E-state index contributed by atoms with van der Waals surface area (Å²) < 4.78 is 11.4. The Kier molecular flexibility index (Phi) is 14.1. The Morgan fingerprint density at radius 1 is 0.804 bits per heavy atom. The fourth-order valence-electron chi connectivity index (χ4n) is 9.00. The molecule has 4 aromatic rings. The van der Waals surface area contributed by atoms with Gasteiger partial charge < -0.3 is 20.1 Å². The van der Waals surface area contributed by atoms with E-state index in [2.05, 4.69) is 49.5 Å². The minimum atomic E-state index is -0.0177. The maximum absolute atomic E-state index is 13.1. The van der Waals surface area contributed by atoms with E-state index in [0.717, 1.165) is 97.6 Å². The molecule has 4 unspecified atom stereocenters. The number of carbonyl (C=O) groups is 2. The standard InChI is InChI=1S/C46H58N6O4/c1-33(51-46(54)30-44-49-31-42(32-50-44)37-11-13-43(14-12-37)56-26-23-52-21-24-55-25-22-52)39-3-2-4-40(29-39)41-10-7-35(27-41)15-20-48-45(53)28-34-5-8-36(9-6-34)38-16-18-47-19-17-38/h5-6,8-9,11-14,16-19,31-33,35,39-41H,2-4,7,10,15,20-30H2,1H3,(H,48,53)(H,51,54)/t33-,35?,39?,40?,41?/m1/s1. The number of hydrogen-bond donors (Lipinski definition) is 2. The summed E-state index contributed by atoms with van der Waals surface area (Å²) in [7, 11) is 0. The molecule has 0 spiro atoms. The van der Waals surface area contributed by atoms with Gasteiger partial charge in [0.1, 0.15) is 18.2 Å². The van der Waals surface area contributed by atoms with Crippen LogP contribution in [0, 0.1) is 23.7 Å². The second-order valence-electron chi connectivity index (χ2n) is 16.1. The first-order chi connectivity index (χ1) is 27.4. The molecular formula is C46H58N6O4. The molecule has 2 saturated carbocycles. The molecule has 2 aromatic heterocycles. The molecule has 296 valence electrons. The molecule has 10 heteroatoms. The van der Waals surface area contributed by atoms with Gasteiger partial charge in [0.05, 0.1) is 26.1 Å². The van der Waals surface area contributed by atoms with Gasteiger partial charge in [-0.15, -0.1) is 0 Å². The number of morpholine rings is 1. The summed E-state index contributed by atoms with van der Waals surface area (Å²) in [4.78, 5) is 41.3. The Labute approximate surface area is 332 Å². The molecule has 3 fully saturated rings. The number of rotatable bonds is 16. The van der Waals surface area contributed by atoms with Crippen molar-refractivity contribution in [3.8, 4) is 28.0 Å². The maximum Gasteiger partial charge on any atom is 0.227 e. The number of nitrogens with zero attached hydrogens (tertiary/aromatic N) is 4. The lowest BCUT2D eigenvalue weighted by molar-refractivity contribution is -0.122. The van der Waals surface area contributed by atoms with E-state index in [4.69, 9.17) is 9.47 Å². The number of benzene rings is 2. The second-order valence-corrected chi connectivity index (χ2v) is 16.1. The van der Waals surface area contributed by atoms with Crippen molar-refractivity contribution < 1.29 is 19.1 Å². The van der Waals surface area contributed by atoms with Gasteiger partial charge in [0.25, 0.3) is 0 Å². The predicted octanol–water partition coefficient (Wildman–Crippen LogP) is 6.94. The van der Waals surface area contributed by atoms with Crippen molar-refractivity contribution in [3.63, 3.8) is 0 Å². The Morgan fingerprint density at radius 2 is 1.50 bits per heavy atom. The lowest BCUT2D eigenvalue weighted by Gasteiger charge is -2.36. The third-order valence-electron chi connectivity index (χ3n) is 12.3. The summed E-state index contributed by atoms with van der Waals surface area (Å²) in [6.45, 7) is 7.96. The van der Waals surface area contributed by atoms with Crippen LogP contribution in [-0.2, 0) is 27.2 Å². The van der Waals surface area contributed by atoms with Crippen LogP contribution in [0.2, 0.25) is 0 Å². The highest BCUT2D eigenvalue weighted by molar-refractivity contribution is 5.79. The molecule has 10 nitrogen and oxygen atoms in total. The summed E-state index contributed by atoms with van der Waals surface area (Å²) in [6.07, 6.45) is 17.5. The van der Waals surface area contributed by atoms with E-state index in [-0.39, 0.29) is 24.3 Å². The SMILES string of the molecule is C[C@@H](NC(=O)Cc1ncc(-c2ccc(OCCN3CCOCC3)cc2)cn1)C1CCCC(C2CCC(CCNC(=O)Cc3ccc(-c4ccncc4)cc3)C2)C1. The normalized spacial score (nSPS) is 21.9. The lowest BCUT2D eigenvalue weighted by Crippen LogP contribution is -2.41. The quantitative estimate of drug-likeness (QED) is 0.126. The van der Waals surface area contributed by atoms with Gasteiger partial charge in [0.15, 0.2) is 0 Å². The molecule has 2 aromatic carbocycles. The van der Waals surface area contributed by atoms with Crippen LogP contribution in [0.4, 0.5) is 0 Å². The van der Waals surface area contributed by atoms with Gasteiger partial charge in [0.2, 0.25) is 11.8 Å². The average Bonchev–Trinajstić information content (AvgIpc) is 3.71. The molecule has 0 bridgehead atoms. The lowest BCUT2D eigenvalue weighted by atomic mass is 9.72. The van der Waals surface area contributed by atoms with E-state index >= 15 is 0 Å². The molecular weight excluding hydrogens is 701 g/mol. The van der Waals surface area contributed by atoms with E-state index in [1.165, 1.54) is 38.5 Å². The zero-order valence-corrected chi connectivity index (χ0v) is 32.9. The Hall–Kier alpha value is -4.67. The molecule has 3 heterocycles. The highest BCUT2D eigenvalue weighted by Crippen LogP contribution is 2.44. The van der Waals surface area contributed by atoms with Crippen LogP contribution in [0.25, 0.3) is 22.3 Å². The van der Waals surface area contributed by atoms with Crippen molar-refractivity contribution in [1.29, 1.82) is 0 Å². The Balaban J connectivity index is 0.784. The van der Waals surface area contributed by atoms with Gasteiger partial charge in [-0.1, -0.05) is 55.7 Å². The Bertz CT molecular complexity index is 1820. The van der Waals surface area contributed by atoms with Crippen molar-refractivity contribution in [2.24, 2.45) is 23.7 Å². The number of nitrogens with one attached hydrogen (secondary N) is 2. The molecule has 7 rings (SSSR count). The van der Waals surface area contributed by atoms with Crippen molar-refractivity contribution in [2.75, 3.05) is 46.0 Å². The van der Waals surface area contributed by atoms with Crippen LogP contribution in [0.15, 0.2) is 85.5 Å². The van der Waals surface area contributed by atoms with Crippen LogP contribution in [-0.4, -0.2) is 83.7 Å². The molecule has 0 radical (unpaired) electrons. The van der Waals surface area contributed by atoms with Gasteiger partial charge in [-0.2, -0.15) is 0 Å². The zero-order chi connectivity index (χ0) is 38.5. The van der Waals surface area contributed by atoms with Crippen molar-refractivity contribution >= 4 is 11.8 Å². The number of ether oxygens (including phenoxy) is 2. The van der Waals surface area contributed by atoms with E-state index < -0.39 is 0 Å². The highest BCUT2D eigenvalue weighted by Gasteiger charge is 2.35. The zero-order valence-electron chi connectivity index (χ0n) is 32.9. The van der Waals surface area contributed by atoms with Crippen LogP contribution in [0.5, 0.6) is 5.75 Å². The first-order valence-electron chi connectivity index (χ1n) is 20.8. The van der Waals surface area contributed by atoms with Crippen LogP contribution in [0.1, 0.15) is 69.7 Å². The van der Waals surface area contributed by atoms with E-state index in [1.807, 2.05) is 48.5 Å². The molecule has 2 N–H and O–H groups in total. The first-order valence-corrected chi connectivity index (χ1v) is 20.8. The summed E-state index contributed by atoms with van der Waals surface area (Å²) >= 11 is 0. The van der Waals surface area contributed by atoms with Gasteiger partial charge >= 0.3 is 0 Å². The molecule has 2 amide bonds. The molecule has 1 aliphatic heterocycles. The summed E-state index contributed by atoms with van der Waals surface area (Å²) in [5.41, 5.74) is 5.21. The summed E-state index contributed by atoms with van der Waals surface area (Å²) in [6, 6.07) is 20.3. The molecule has 1 saturated heterocycles. The fraction of sp³-hybridized carbons (Fsp3) is 0.500. The number of carbonyl (C=O) groups excluding carboxylic acids is 2. The average molecular weight is 759 g/mol. The van der Waals surface area contributed by atoms with Gasteiger partial charge in [-0.25, -0.2) is 9.97 Å². The Morgan fingerprint density at radius 3 is 2.27 bits per heavy atom. The highest BCUT2D eigenvalue weighted by atomic mass is 16.5. The van der Waals surface area contributed by atoms with Crippen molar-refractivity contribution in [3.05, 3.63) is 96.8 Å². The maximum atomic E-state index is 13.1. The summed E-state index contributed by atoms with van der Waals surface area (Å²) in [5.74, 6) is 4.08. The molecule has 3 aliphatic rings. The number of pyridine rings is 1. The molecule has 5 atom stereocenters. The summed E-state index contributed by atoms with van der Waals surface area (Å²) in [5, 5.41) is 6.47. The van der Waals surface area contributed by atoms with Crippen LogP contribution < -0.4 is 15.4 Å². The van der Waals surface area contributed by atoms with Gasteiger partial charge in [-0.3, -0.25) is 19.5 Å². The predicted molar refractivity (Wildman–Crippen MR) is 219 cm³/mol. The number of amides is 2. The first kappa shape index (κ1) is 39.6. The number of aromatic nitrogens is 3. The van der Waals surface area contributed by atoms with E-state index in [1.54, 1.807) is 24.8 Å². The van der Waals surface area contributed by atoms with Crippen LogP contribution in [0.3, 0.4) is 0 Å². The second kappa shape index (κ2) is 20.0.